The largest absolute Gasteiger partial charge is 0.293 e. The van der Waals surface area contributed by atoms with E-state index in [-0.39, 0.29) is 5.78 Å². The zero-order chi connectivity index (χ0) is 15.8. The Kier molecular flexibility index (Phi) is 5.60. The number of para-hydroxylation sites is 1. The molecule has 0 saturated heterocycles. The molecule has 0 aliphatic rings. The Hall–Kier alpha value is -2.75. The van der Waals surface area contributed by atoms with Crippen LogP contribution in [-0.4, -0.2) is 17.2 Å². The molecule has 1 N–H and O–H groups in total. The maximum Gasteiger partial charge on any atom is 0.181 e. The average molecular weight is 293 g/mol. The fourth-order valence-corrected chi connectivity index (χ4v) is 1.92. The minimum Gasteiger partial charge on any atom is -0.293 e. The summed E-state index contributed by atoms with van der Waals surface area (Å²) in [6.45, 7) is 3.83. The summed E-state index contributed by atoms with van der Waals surface area (Å²) in [6.07, 6.45) is 0. The number of rotatable bonds is 6. The highest BCUT2D eigenvalue weighted by Crippen LogP contribution is 2.05. The van der Waals surface area contributed by atoms with E-state index in [1.54, 1.807) is 6.92 Å². The van der Waals surface area contributed by atoms with E-state index in [0.717, 1.165) is 11.3 Å². The summed E-state index contributed by atoms with van der Waals surface area (Å²) in [4.78, 5) is 16.2. The molecule has 0 saturated carbocycles. The van der Waals surface area contributed by atoms with Crippen molar-refractivity contribution in [3.05, 3.63) is 66.2 Å². The van der Waals surface area contributed by atoms with Gasteiger partial charge in [-0.2, -0.15) is 5.10 Å². The molecule has 0 aromatic heterocycles. The number of hydrogen-bond donors (Lipinski definition) is 1. The van der Waals surface area contributed by atoms with E-state index < -0.39 is 0 Å². The van der Waals surface area contributed by atoms with Gasteiger partial charge in [0.05, 0.1) is 17.9 Å². The summed E-state index contributed by atoms with van der Waals surface area (Å²) in [5.74, 6) is -0.113. The number of aliphatic imine (C=N–C) groups is 1. The number of benzene rings is 2. The molecule has 4 nitrogen and oxygen atoms in total. The van der Waals surface area contributed by atoms with Gasteiger partial charge in [-0.05, 0) is 24.6 Å². The standard InChI is InChI=1S/C18H19N3O/c1-14(19-13-16-9-5-3-6-10-16)18(15(2)22)21-20-17-11-7-4-8-12-17/h3-12,20H,13H2,1-2H3/b19-14?,21-18+. The van der Waals surface area contributed by atoms with Gasteiger partial charge in [-0.1, -0.05) is 48.5 Å². The molecule has 0 amide bonds. The summed E-state index contributed by atoms with van der Waals surface area (Å²) in [5, 5.41) is 4.19. The van der Waals surface area contributed by atoms with Crippen molar-refractivity contribution in [2.24, 2.45) is 10.1 Å². The molecule has 22 heavy (non-hydrogen) atoms. The van der Waals surface area contributed by atoms with Crippen LogP contribution in [0.5, 0.6) is 0 Å². The van der Waals surface area contributed by atoms with Crippen LogP contribution in [0, 0.1) is 0 Å². The number of carbonyl (C=O) groups excluding carboxylic acids is 1. The zero-order valence-corrected chi connectivity index (χ0v) is 12.8. The number of carbonyl (C=O) groups is 1. The van der Waals surface area contributed by atoms with Crippen molar-refractivity contribution in [2.75, 3.05) is 5.43 Å². The maximum atomic E-state index is 11.8. The van der Waals surface area contributed by atoms with Crippen LogP contribution in [0.3, 0.4) is 0 Å². The number of nitrogens with one attached hydrogen (secondary N) is 1. The lowest BCUT2D eigenvalue weighted by Gasteiger charge is -2.05. The van der Waals surface area contributed by atoms with Crippen molar-refractivity contribution in [2.45, 2.75) is 20.4 Å². The summed E-state index contributed by atoms with van der Waals surface area (Å²) in [6, 6.07) is 19.4. The molecule has 2 aromatic carbocycles. The summed E-state index contributed by atoms with van der Waals surface area (Å²) >= 11 is 0. The average Bonchev–Trinajstić information content (AvgIpc) is 2.55. The van der Waals surface area contributed by atoms with Crippen LogP contribution in [0.25, 0.3) is 0 Å². The van der Waals surface area contributed by atoms with Gasteiger partial charge in [-0.25, -0.2) is 0 Å². The second-order valence-corrected chi connectivity index (χ2v) is 4.88. The third-order valence-electron chi connectivity index (χ3n) is 3.09. The normalized spacial score (nSPS) is 12.1. The molecule has 0 aliphatic carbocycles. The lowest BCUT2D eigenvalue weighted by atomic mass is 10.2. The second-order valence-electron chi connectivity index (χ2n) is 4.88. The Labute approximate surface area is 130 Å². The van der Waals surface area contributed by atoms with E-state index in [1.807, 2.05) is 60.7 Å². The fourth-order valence-electron chi connectivity index (χ4n) is 1.92. The molecule has 0 spiro atoms. The molecule has 4 heteroatoms. The first kappa shape index (κ1) is 15.6. The fraction of sp³-hybridized carbons (Fsp3) is 0.167. The number of hydrazone groups is 1. The Balaban J connectivity index is 2.11. The molecule has 2 aromatic rings. The number of hydrogen-bond acceptors (Lipinski definition) is 4. The van der Waals surface area contributed by atoms with Crippen molar-refractivity contribution in [1.29, 1.82) is 0 Å². The predicted octanol–water partition coefficient (Wildman–Crippen LogP) is 3.70. The number of Topliss-reactive ketones (excluding diaryl/α,β-unsaturated/α-hetero) is 1. The highest BCUT2D eigenvalue weighted by Gasteiger charge is 2.10. The predicted molar refractivity (Wildman–Crippen MR) is 91.4 cm³/mol. The van der Waals surface area contributed by atoms with E-state index in [4.69, 9.17) is 0 Å². The summed E-state index contributed by atoms with van der Waals surface area (Å²) < 4.78 is 0. The third kappa shape index (κ3) is 4.66. The minimum atomic E-state index is -0.113. The zero-order valence-electron chi connectivity index (χ0n) is 12.8. The monoisotopic (exact) mass is 293 g/mol. The van der Waals surface area contributed by atoms with Crippen LogP contribution in [0.15, 0.2) is 70.8 Å². The van der Waals surface area contributed by atoms with Crippen LogP contribution in [-0.2, 0) is 11.3 Å². The molecular weight excluding hydrogens is 274 g/mol. The molecule has 0 bridgehead atoms. The highest BCUT2D eigenvalue weighted by atomic mass is 16.1. The van der Waals surface area contributed by atoms with E-state index in [0.29, 0.717) is 18.0 Å². The molecule has 0 fully saturated rings. The first-order chi connectivity index (χ1) is 10.7. The molecular formula is C18H19N3O. The van der Waals surface area contributed by atoms with Gasteiger partial charge in [0.15, 0.2) is 5.78 Å². The van der Waals surface area contributed by atoms with Gasteiger partial charge in [0.2, 0.25) is 0 Å². The number of ketones is 1. The van der Waals surface area contributed by atoms with Crippen LogP contribution in [0.2, 0.25) is 0 Å². The smallest absolute Gasteiger partial charge is 0.181 e. The van der Waals surface area contributed by atoms with Gasteiger partial charge < -0.3 is 0 Å². The van der Waals surface area contributed by atoms with Crippen LogP contribution >= 0.6 is 0 Å². The van der Waals surface area contributed by atoms with E-state index in [2.05, 4.69) is 15.5 Å². The maximum absolute atomic E-state index is 11.8. The Bertz CT molecular complexity index is 676. The van der Waals surface area contributed by atoms with Crippen molar-refractivity contribution < 1.29 is 4.79 Å². The van der Waals surface area contributed by atoms with Gasteiger partial charge in [0, 0.05) is 6.92 Å². The molecule has 112 valence electrons. The highest BCUT2D eigenvalue weighted by molar-refractivity contribution is 6.66. The van der Waals surface area contributed by atoms with Crippen molar-refractivity contribution >= 4 is 22.9 Å². The quantitative estimate of drug-likeness (QED) is 0.652. The Morgan fingerprint density at radius 1 is 0.955 bits per heavy atom. The lowest BCUT2D eigenvalue weighted by Crippen LogP contribution is -2.21. The van der Waals surface area contributed by atoms with Gasteiger partial charge in [-0.3, -0.25) is 15.2 Å². The van der Waals surface area contributed by atoms with Crippen molar-refractivity contribution in [3.8, 4) is 0 Å². The van der Waals surface area contributed by atoms with Crippen LogP contribution < -0.4 is 5.43 Å². The molecule has 0 heterocycles. The SMILES string of the molecule is CC(=O)/C(=N/Nc1ccccc1)C(C)=NCc1ccccc1. The molecule has 0 atom stereocenters. The summed E-state index contributed by atoms with van der Waals surface area (Å²) in [7, 11) is 0. The van der Waals surface area contributed by atoms with E-state index in [1.165, 1.54) is 6.92 Å². The molecule has 0 unspecified atom stereocenters. The molecule has 0 aliphatic heterocycles. The summed E-state index contributed by atoms with van der Waals surface area (Å²) in [5.41, 5.74) is 5.79. The lowest BCUT2D eigenvalue weighted by molar-refractivity contribution is -0.110. The van der Waals surface area contributed by atoms with Gasteiger partial charge in [-0.15, -0.1) is 0 Å². The number of anilines is 1. The van der Waals surface area contributed by atoms with Crippen molar-refractivity contribution in [1.82, 2.24) is 0 Å². The number of nitrogens with zero attached hydrogens (tertiary/aromatic N) is 2. The van der Waals surface area contributed by atoms with Gasteiger partial charge in [0.1, 0.15) is 5.71 Å². The molecule has 0 radical (unpaired) electrons. The first-order valence-electron chi connectivity index (χ1n) is 7.12. The van der Waals surface area contributed by atoms with Crippen LogP contribution in [0.4, 0.5) is 5.69 Å². The minimum absolute atomic E-state index is 0.113. The van der Waals surface area contributed by atoms with Crippen LogP contribution in [0.1, 0.15) is 19.4 Å². The molecule has 2 rings (SSSR count). The van der Waals surface area contributed by atoms with Crippen molar-refractivity contribution in [3.63, 3.8) is 0 Å². The van der Waals surface area contributed by atoms with Gasteiger partial charge in [0.25, 0.3) is 0 Å². The Morgan fingerprint density at radius 2 is 1.55 bits per heavy atom. The van der Waals surface area contributed by atoms with E-state index in [9.17, 15) is 4.79 Å². The first-order valence-corrected chi connectivity index (χ1v) is 7.12. The van der Waals surface area contributed by atoms with E-state index >= 15 is 0 Å². The Morgan fingerprint density at radius 3 is 2.14 bits per heavy atom. The second kappa shape index (κ2) is 7.88. The van der Waals surface area contributed by atoms with Gasteiger partial charge >= 0.3 is 0 Å². The topological polar surface area (TPSA) is 53.8 Å². The third-order valence-corrected chi connectivity index (χ3v) is 3.09.